The third kappa shape index (κ3) is 3.69. The van der Waals surface area contributed by atoms with Gasteiger partial charge in [-0.1, -0.05) is 12.1 Å². The van der Waals surface area contributed by atoms with Gasteiger partial charge in [-0.3, -0.25) is 10.1 Å². The highest BCUT2D eigenvalue weighted by atomic mass is 32.1. The van der Waals surface area contributed by atoms with Gasteiger partial charge in [0.1, 0.15) is 10.8 Å². The van der Waals surface area contributed by atoms with Crippen LogP contribution in [0.4, 0.5) is 9.52 Å². The highest BCUT2D eigenvalue weighted by Gasteiger charge is 2.15. The third-order valence-corrected chi connectivity index (χ3v) is 7.25. The quantitative estimate of drug-likeness (QED) is 0.347. The summed E-state index contributed by atoms with van der Waals surface area (Å²) in [6.07, 6.45) is 0. The number of fused-ring (bicyclic) bond motifs is 1. The van der Waals surface area contributed by atoms with Gasteiger partial charge >= 0.3 is 0 Å². The van der Waals surface area contributed by atoms with E-state index in [4.69, 9.17) is 0 Å². The van der Waals surface area contributed by atoms with Crippen LogP contribution in [0.3, 0.4) is 0 Å². The number of carbonyl (C=O) groups excluding carboxylic acids is 1. The van der Waals surface area contributed by atoms with Crippen LogP contribution in [0, 0.1) is 5.82 Å². The van der Waals surface area contributed by atoms with Gasteiger partial charge in [0, 0.05) is 10.9 Å². The Morgan fingerprint density at radius 3 is 2.59 bits per heavy atom. The number of nitrogens with zero attached hydrogens (tertiary/aromatic N) is 2. The molecule has 5 rings (SSSR count). The van der Waals surface area contributed by atoms with E-state index in [0.29, 0.717) is 15.7 Å². The lowest BCUT2D eigenvalue weighted by Gasteiger charge is -1.98. The highest BCUT2D eigenvalue weighted by molar-refractivity contribution is 7.26. The summed E-state index contributed by atoms with van der Waals surface area (Å²) in [6.45, 7) is 0. The van der Waals surface area contributed by atoms with Crippen molar-refractivity contribution in [3.63, 3.8) is 0 Å². The second-order valence-corrected chi connectivity index (χ2v) is 9.12. The monoisotopic (exact) mass is 437 g/mol. The number of rotatable bonds is 4. The van der Waals surface area contributed by atoms with Crippen LogP contribution in [0.1, 0.15) is 9.67 Å². The SMILES string of the molecule is O=C(Nc1nc(-c2ccc(F)cc2)cs1)c1ccc(-c2nc3ccccc3s2)s1. The van der Waals surface area contributed by atoms with Crippen molar-refractivity contribution in [3.05, 3.63) is 76.7 Å². The van der Waals surface area contributed by atoms with E-state index in [1.807, 2.05) is 35.7 Å². The summed E-state index contributed by atoms with van der Waals surface area (Å²) in [4.78, 5) is 23.2. The molecule has 3 aromatic heterocycles. The number of hydrogen-bond donors (Lipinski definition) is 1. The summed E-state index contributed by atoms with van der Waals surface area (Å²) in [5, 5.41) is 6.09. The Bertz CT molecular complexity index is 1290. The Labute approximate surface area is 177 Å². The molecule has 0 aliphatic rings. The van der Waals surface area contributed by atoms with Gasteiger partial charge in [0.2, 0.25) is 0 Å². The summed E-state index contributed by atoms with van der Waals surface area (Å²) in [5.74, 6) is -0.499. The van der Waals surface area contributed by atoms with Crippen LogP contribution in [0.15, 0.2) is 66.0 Å². The van der Waals surface area contributed by atoms with Gasteiger partial charge in [-0.05, 0) is 48.5 Å². The van der Waals surface area contributed by atoms with Crippen molar-refractivity contribution >= 4 is 55.3 Å². The second kappa shape index (κ2) is 7.47. The normalized spacial score (nSPS) is 11.1. The van der Waals surface area contributed by atoms with Crippen molar-refractivity contribution in [1.29, 1.82) is 0 Å². The number of nitrogens with one attached hydrogen (secondary N) is 1. The minimum atomic E-state index is -0.292. The summed E-state index contributed by atoms with van der Waals surface area (Å²) in [5.41, 5.74) is 2.46. The van der Waals surface area contributed by atoms with Gasteiger partial charge < -0.3 is 0 Å². The van der Waals surface area contributed by atoms with Crippen molar-refractivity contribution in [2.24, 2.45) is 0 Å². The van der Waals surface area contributed by atoms with Crippen LogP contribution in [0.2, 0.25) is 0 Å². The molecular formula is C21H12FN3OS3. The average Bonchev–Trinajstić information content (AvgIpc) is 3.47. The van der Waals surface area contributed by atoms with E-state index in [2.05, 4.69) is 15.3 Å². The fourth-order valence-corrected chi connectivity index (χ4v) is 5.43. The van der Waals surface area contributed by atoms with Gasteiger partial charge in [-0.15, -0.1) is 34.0 Å². The molecule has 0 saturated carbocycles. The zero-order chi connectivity index (χ0) is 19.8. The number of aromatic nitrogens is 2. The molecular weight excluding hydrogens is 425 g/mol. The number of thiophene rings is 1. The smallest absolute Gasteiger partial charge is 0.267 e. The molecule has 8 heteroatoms. The standard InChI is InChI=1S/C21H12FN3OS3/c22-13-7-5-12(6-8-13)15-11-27-21(24-15)25-19(26)17-9-10-18(28-17)20-23-14-3-1-2-4-16(14)29-20/h1-11H,(H,24,25,26). The number of anilines is 1. The predicted octanol–water partition coefficient (Wildman–Crippen LogP) is 6.54. The first-order chi connectivity index (χ1) is 14.2. The van der Waals surface area contributed by atoms with E-state index < -0.39 is 0 Å². The number of amides is 1. The molecule has 0 aliphatic heterocycles. The fraction of sp³-hybridized carbons (Fsp3) is 0. The molecule has 0 spiro atoms. The molecule has 0 radical (unpaired) electrons. The molecule has 0 bridgehead atoms. The number of carbonyl (C=O) groups is 1. The van der Waals surface area contributed by atoms with Crippen molar-refractivity contribution in [3.8, 4) is 21.1 Å². The summed E-state index contributed by atoms with van der Waals surface area (Å²) >= 11 is 4.35. The van der Waals surface area contributed by atoms with Crippen LogP contribution in [0.5, 0.6) is 0 Å². The number of para-hydroxylation sites is 1. The van der Waals surface area contributed by atoms with Gasteiger partial charge in [0.05, 0.1) is 25.7 Å². The van der Waals surface area contributed by atoms with Gasteiger partial charge in [0.15, 0.2) is 5.13 Å². The Kier molecular flexibility index (Phi) is 4.67. The second-order valence-electron chi connectivity index (χ2n) is 6.15. The summed E-state index contributed by atoms with van der Waals surface area (Å²) < 4.78 is 14.2. The maximum absolute atomic E-state index is 13.1. The number of thiazole rings is 2. The van der Waals surface area contributed by atoms with E-state index in [0.717, 1.165) is 25.7 Å². The van der Waals surface area contributed by atoms with E-state index in [1.54, 1.807) is 29.5 Å². The van der Waals surface area contributed by atoms with Crippen molar-refractivity contribution in [2.45, 2.75) is 0 Å². The lowest BCUT2D eigenvalue weighted by molar-refractivity contribution is 0.103. The predicted molar refractivity (Wildman–Crippen MR) is 118 cm³/mol. The maximum atomic E-state index is 13.1. The Morgan fingerprint density at radius 2 is 1.76 bits per heavy atom. The Balaban J connectivity index is 1.33. The summed E-state index contributed by atoms with van der Waals surface area (Å²) in [6, 6.07) is 17.8. The third-order valence-electron chi connectivity index (χ3n) is 4.20. The Morgan fingerprint density at radius 1 is 0.931 bits per heavy atom. The molecule has 1 N–H and O–H groups in total. The first kappa shape index (κ1) is 18.1. The molecule has 142 valence electrons. The zero-order valence-electron chi connectivity index (χ0n) is 14.8. The molecule has 0 unspecified atom stereocenters. The molecule has 2 aromatic carbocycles. The minimum Gasteiger partial charge on any atom is -0.297 e. The van der Waals surface area contributed by atoms with E-state index in [1.165, 1.54) is 34.8 Å². The molecule has 0 saturated heterocycles. The lowest BCUT2D eigenvalue weighted by atomic mass is 10.2. The maximum Gasteiger partial charge on any atom is 0.267 e. The molecule has 4 nitrogen and oxygen atoms in total. The van der Waals surface area contributed by atoms with Crippen LogP contribution < -0.4 is 5.32 Å². The van der Waals surface area contributed by atoms with E-state index in [-0.39, 0.29) is 11.7 Å². The largest absolute Gasteiger partial charge is 0.297 e. The Hall–Kier alpha value is -2.94. The molecule has 5 aromatic rings. The first-order valence-electron chi connectivity index (χ1n) is 8.64. The fourth-order valence-electron chi connectivity index (χ4n) is 2.80. The highest BCUT2D eigenvalue weighted by Crippen LogP contribution is 2.35. The van der Waals surface area contributed by atoms with Crippen LogP contribution in [-0.4, -0.2) is 15.9 Å². The van der Waals surface area contributed by atoms with Crippen LogP contribution >= 0.6 is 34.0 Å². The molecule has 0 fully saturated rings. The van der Waals surface area contributed by atoms with Gasteiger partial charge in [-0.2, -0.15) is 0 Å². The van der Waals surface area contributed by atoms with Crippen molar-refractivity contribution in [2.75, 3.05) is 5.32 Å². The average molecular weight is 438 g/mol. The van der Waals surface area contributed by atoms with Crippen LogP contribution in [0.25, 0.3) is 31.4 Å². The van der Waals surface area contributed by atoms with Gasteiger partial charge in [-0.25, -0.2) is 14.4 Å². The van der Waals surface area contributed by atoms with Crippen LogP contribution in [-0.2, 0) is 0 Å². The molecule has 0 atom stereocenters. The van der Waals surface area contributed by atoms with Crippen molar-refractivity contribution in [1.82, 2.24) is 9.97 Å². The van der Waals surface area contributed by atoms with Gasteiger partial charge in [0.25, 0.3) is 5.91 Å². The molecule has 1 amide bonds. The number of halogens is 1. The molecule has 3 heterocycles. The topological polar surface area (TPSA) is 54.9 Å². The van der Waals surface area contributed by atoms with Crippen molar-refractivity contribution < 1.29 is 9.18 Å². The summed E-state index contributed by atoms with van der Waals surface area (Å²) in [7, 11) is 0. The zero-order valence-corrected chi connectivity index (χ0v) is 17.2. The van der Waals surface area contributed by atoms with E-state index >= 15 is 0 Å². The molecule has 29 heavy (non-hydrogen) atoms. The lowest BCUT2D eigenvalue weighted by Crippen LogP contribution is -2.09. The van der Waals surface area contributed by atoms with E-state index in [9.17, 15) is 9.18 Å². The number of hydrogen-bond acceptors (Lipinski definition) is 6. The number of benzene rings is 2. The molecule has 0 aliphatic carbocycles. The first-order valence-corrected chi connectivity index (χ1v) is 11.2. The minimum absolute atomic E-state index is 0.206.